The smallest absolute Gasteiger partial charge is 0.0594 e. The molecule has 2 aliphatic heterocycles. The van der Waals surface area contributed by atoms with Gasteiger partial charge in [0.15, 0.2) is 0 Å². The Morgan fingerprint density at radius 3 is 2.44 bits per heavy atom. The van der Waals surface area contributed by atoms with Crippen molar-refractivity contribution in [1.82, 2.24) is 9.80 Å². The molecule has 2 saturated heterocycles. The summed E-state index contributed by atoms with van der Waals surface area (Å²) in [5, 5.41) is 0. The second-order valence-corrected chi connectivity index (χ2v) is 9.85. The largest absolute Gasteiger partial charge is 0.379 e. The summed E-state index contributed by atoms with van der Waals surface area (Å²) in [6.07, 6.45) is 6.86. The van der Waals surface area contributed by atoms with E-state index in [0.717, 1.165) is 32.2 Å². The van der Waals surface area contributed by atoms with Gasteiger partial charge in [-0.25, -0.2) is 0 Å². The monoisotopic (exact) mass is 370 g/mol. The second kappa shape index (κ2) is 8.23. The molecule has 0 radical (unpaired) electrons. The van der Waals surface area contributed by atoms with Gasteiger partial charge in [0, 0.05) is 26.2 Å². The lowest BCUT2D eigenvalue weighted by molar-refractivity contribution is -0.1000. The van der Waals surface area contributed by atoms with Crippen LogP contribution in [0.25, 0.3) is 0 Å². The van der Waals surface area contributed by atoms with Crippen LogP contribution in [0.2, 0.25) is 0 Å². The van der Waals surface area contributed by atoms with Gasteiger partial charge >= 0.3 is 0 Å². The number of hydrogen-bond donors (Lipinski definition) is 0. The second-order valence-electron chi connectivity index (χ2n) is 9.85. The number of rotatable bonds is 6. The molecule has 2 heterocycles. The molecule has 0 amide bonds. The van der Waals surface area contributed by atoms with Gasteiger partial charge in [-0.1, -0.05) is 44.2 Å². The number of nitrogens with zero attached hydrogens (tertiary/aromatic N) is 2. The SMILES string of the molecule is CC1(C)CC[C@]1(CCN1CCCC(c2ccccc2)C1)CN1CCOCC1. The quantitative estimate of drug-likeness (QED) is 0.738. The predicted octanol–water partition coefficient (Wildman–Crippen LogP) is 4.39. The molecule has 4 rings (SSSR count). The van der Waals surface area contributed by atoms with E-state index in [0.29, 0.717) is 10.8 Å². The molecular weight excluding hydrogens is 332 g/mol. The van der Waals surface area contributed by atoms with Crippen molar-refractivity contribution in [2.45, 2.75) is 51.9 Å². The molecule has 3 aliphatic rings. The number of morpholine rings is 1. The van der Waals surface area contributed by atoms with Gasteiger partial charge in [0.2, 0.25) is 0 Å². The van der Waals surface area contributed by atoms with Gasteiger partial charge in [-0.15, -0.1) is 0 Å². The highest BCUT2D eigenvalue weighted by atomic mass is 16.5. The Labute approximate surface area is 166 Å². The maximum atomic E-state index is 5.58. The Morgan fingerprint density at radius 1 is 1.00 bits per heavy atom. The van der Waals surface area contributed by atoms with Crippen molar-refractivity contribution in [3.05, 3.63) is 35.9 Å². The van der Waals surface area contributed by atoms with Crippen LogP contribution in [0, 0.1) is 10.8 Å². The van der Waals surface area contributed by atoms with Gasteiger partial charge in [0.05, 0.1) is 13.2 Å². The van der Waals surface area contributed by atoms with Crippen molar-refractivity contribution in [1.29, 1.82) is 0 Å². The summed E-state index contributed by atoms with van der Waals surface area (Å²) in [6.45, 7) is 14.2. The standard InChI is InChI=1S/C24H38N2O/c1-23(2)10-11-24(23,20-26-15-17-27-18-16-26)12-14-25-13-6-9-22(19-25)21-7-4-3-5-8-21/h3-5,7-8,22H,6,9-20H2,1-2H3/t22?,24-/m0/s1. The Hall–Kier alpha value is -0.900. The van der Waals surface area contributed by atoms with E-state index < -0.39 is 0 Å². The third-order valence-electron chi connectivity index (χ3n) is 7.98. The molecule has 1 unspecified atom stereocenters. The van der Waals surface area contributed by atoms with Gasteiger partial charge in [-0.2, -0.15) is 0 Å². The van der Waals surface area contributed by atoms with Crippen LogP contribution < -0.4 is 0 Å². The fourth-order valence-electron chi connectivity index (χ4n) is 5.63. The minimum atomic E-state index is 0.486. The topological polar surface area (TPSA) is 15.7 Å². The molecule has 0 aromatic heterocycles. The molecule has 3 heteroatoms. The van der Waals surface area contributed by atoms with Crippen molar-refractivity contribution in [2.75, 3.05) is 52.5 Å². The summed E-state index contributed by atoms with van der Waals surface area (Å²) in [4.78, 5) is 5.43. The number of benzene rings is 1. The third-order valence-corrected chi connectivity index (χ3v) is 7.98. The first-order valence-electron chi connectivity index (χ1n) is 11.2. The molecule has 1 saturated carbocycles. The average molecular weight is 371 g/mol. The summed E-state index contributed by atoms with van der Waals surface area (Å²) >= 11 is 0. The van der Waals surface area contributed by atoms with Gasteiger partial charge in [-0.05, 0) is 67.5 Å². The molecule has 0 spiro atoms. The zero-order valence-corrected chi connectivity index (χ0v) is 17.5. The van der Waals surface area contributed by atoms with Crippen molar-refractivity contribution in [3.8, 4) is 0 Å². The minimum absolute atomic E-state index is 0.486. The molecule has 2 atom stereocenters. The number of likely N-dealkylation sites (tertiary alicyclic amines) is 1. The van der Waals surface area contributed by atoms with E-state index in [-0.39, 0.29) is 0 Å². The summed E-state index contributed by atoms with van der Waals surface area (Å²) in [6, 6.07) is 11.2. The van der Waals surface area contributed by atoms with E-state index >= 15 is 0 Å². The Balaban J connectivity index is 1.36. The fraction of sp³-hybridized carbons (Fsp3) is 0.750. The highest BCUT2D eigenvalue weighted by Crippen LogP contribution is 2.59. The molecule has 27 heavy (non-hydrogen) atoms. The third kappa shape index (κ3) is 4.26. The van der Waals surface area contributed by atoms with Crippen molar-refractivity contribution in [3.63, 3.8) is 0 Å². The Kier molecular flexibility index (Phi) is 5.92. The average Bonchev–Trinajstić information content (AvgIpc) is 2.72. The molecule has 0 N–H and O–H groups in total. The van der Waals surface area contributed by atoms with Crippen molar-refractivity contribution < 1.29 is 4.74 Å². The van der Waals surface area contributed by atoms with E-state index in [1.165, 1.54) is 63.8 Å². The van der Waals surface area contributed by atoms with E-state index in [2.05, 4.69) is 54.0 Å². The van der Waals surface area contributed by atoms with Gasteiger partial charge in [-0.3, -0.25) is 4.90 Å². The molecule has 150 valence electrons. The van der Waals surface area contributed by atoms with Crippen LogP contribution in [0.15, 0.2) is 30.3 Å². The van der Waals surface area contributed by atoms with E-state index in [1.54, 1.807) is 0 Å². The molecule has 1 aliphatic carbocycles. The first-order valence-corrected chi connectivity index (χ1v) is 11.2. The van der Waals surface area contributed by atoms with Crippen LogP contribution in [-0.4, -0.2) is 62.3 Å². The highest BCUT2D eigenvalue weighted by Gasteiger charge is 2.53. The molecular formula is C24H38N2O. The van der Waals surface area contributed by atoms with E-state index in [9.17, 15) is 0 Å². The maximum Gasteiger partial charge on any atom is 0.0594 e. The van der Waals surface area contributed by atoms with Crippen LogP contribution in [0.3, 0.4) is 0 Å². The Morgan fingerprint density at radius 2 is 1.78 bits per heavy atom. The van der Waals surface area contributed by atoms with Crippen LogP contribution in [0.5, 0.6) is 0 Å². The predicted molar refractivity (Wildman–Crippen MR) is 112 cm³/mol. The molecule has 3 fully saturated rings. The number of ether oxygens (including phenoxy) is 1. The van der Waals surface area contributed by atoms with Crippen LogP contribution >= 0.6 is 0 Å². The molecule has 0 bridgehead atoms. The van der Waals surface area contributed by atoms with Gasteiger partial charge < -0.3 is 9.64 Å². The van der Waals surface area contributed by atoms with Gasteiger partial charge in [0.1, 0.15) is 0 Å². The number of piperidine rings is 1. The van der Waals surface area contributed by atoms with Crippen LogP contribution in [0.4, 0.5) is 0 Å². The van der Waals surface area contributed by atoms with Crippen molar-refractivity contribution in [2.24, 2.45) is 10.8 Å². The van der Waals surface area contributed by atoms with E-state index in [4.69, 9.17) is 4.74 Å². The Bertz CT molecular complexity index is 596. The van der Waals surface area contributed by atoms with E-state index in [1.807, 2.05) is 0 Å². The zero-order valence-electron chi connectivity index (χ0n) is 17.5. The zero-order chi connectivity index (χ0) is 18.7. The first-order chi connectivity index (χ1) is 13.1. The van der Waals surface area contributed by atoms with Gasteiger partial charge in [0.25, 0.3) is 0 Å². The summed E-state index contributed by atoms with van der Waals surface area (Å²) in [7, 11) is 0. The summed E-state index contributed by atoms with van der Waals surface area (Å²) in [5.41, 5.74) is 2.53. The van der Waals surface area contributed by atoms with Crippen LogP contribution in [-0.2, 0) is 4.74 Å². The summed E-state index contributed by atoms with van der Waals surface area (Å²) in [5.74, 6) is 0.726. The summed E-state index contributed by atoms with van der Waals surface area (Å²) < 4.78 is 5.58. The highest BCUT2D eigenvalue weighted by molar-refractivity contribution is 5.20. The normalized spacial score (nSPS) is 32.1. The lowest BCUT2D eigenvalue weighted by Gasteiger charge is -2.59. The van der Waals surface area contributed by atoms with Crippen molar-refractivity contribution >= 4 is 0 Å². The minimum Gasteiger partial charge on any atom is -0.379 e. The number of hydrogen-bond acceptors (Lipinski definition) is 3. The lowest BCUT2D eigenvalue weighted by atomic mass is 9.49. The molecule has 1 aromatic carbocycles. The lowest BCUT2D eigenvalue weighted by Crippen LogP contribution is -2.57. The first kappa shape index (κ1) is 19.4. The fourth-order valence-corrected chi connectivity index (χ4v) is 5.63. The maximum absolute atomic E-state index is 5.58. The molecule has 1 aromatic rings. The molecule has 3 nitrogen and oxygen atoms in total. The van der Waals surface area contributed by atoms with Crippen LogP contribution in [0.1, 0.15) is 57.4 Å².